The summed E-state index contributed by atoms with van der Waals surface area (Å²) in [6.07, 6.45) is 0.927. The molecule has 0 aromatic carbocycles. The molecule has 0 aromatic rings. The Kier molecular flexibility index (Phi) is 5.02. The van der Waals surface area contributed by atoms with Crippen molar-refractivity contribution in [3.05, 3.63) is 0 Å². The second-order valence-electron chi connectivity index (χ2n) is 6.68. The predicted molar refractivity (Wildman–Crippen MR) is 68.6 cm³/mol. The van der Waals surface area contributed by atoms with Crippen LogP contribution in [-0.4, -0.2) is 26.6 Å². The molecule has 0 bridgehead atoms. The van der Waals surface area contributed by atoms with Gasteiger partial charge < -0.3 is 9.53 Å². The summed E-state index contributed by atoms with van der Waals surface area (Å²) in [5.74, 6) is 0. The minimum atomic E-state index is -1.60. The third-order valence-corrected chi connectivity index (χ3v) is 8.01. The Hall–Kier alpha value is 0.137. The van der Waals surface area contributed by atoms with E-state index >= 15 is 0 Å². The van der Waals surface area contributed by atoms with Crippen LogP contribution in [0.1, 0.15) is 41.0 Å². The standard InChI is InChI=1S/C12H28O2Si/c1-11(2,3)15(6,7)14-9-8-12(4,5)10-13/h13H,8-10H2,1-7H3. The van der Waals surface area contributed by atoms with Crippen LogP contribution in [0.3, 0.4) is 0 Å². The number of hydrogen-bond donors (Lipinski definition) is 1. The molecule has 0 radical (unpaired) electrons. The van der Waals surface area contributed by atoms with Crippen LogP contribution < -0.4 is 0 Å². The maximum absolute atomic E-state index is 9.14. The van der Waals surface area contributed by atoms with E-state index in [1.54, 1.807) is 0 Å². The van der Waals surface area contributed by atoms with Gasteiger partial charge in [0.15, 0.2) is 8.32 Å². The van der Waals surface area contributed by atoms with Crippen LogP contribution in [0.25, 0.3) is 0 Å². The molecule has 92 valence electrons. The van der Waals surface area contributed by atoms with Crippen molar-refractivity contribution in [2.24, 2.45) is 5.41 Å². The summed E-state index contributed by atoms with van der Waals surface area (Å²) < 4.78 is 6.06. The van der Waals surface area contributed by atoms with Crippen molar-refractivity contribution < 1.29 is 9.53 Å². The van der Waals surface area contributed by atoms with Crippen LogP contribution in [0, 0.1) is 5.41 Å². The maximum atomic E-state index is 9.14. The molecule has 3 heteroatoms. The second-order valence-corrected chi connectivity index (χ2v) is 11.5. The van der Waals surface area contributed by atoms with Gasteiger partial charge in [-0.2, -0.15) is 0 Å². The molecule has 0 saturated carbocycles. The fourth-order valence-electron chi connectivity index (χ4n) is 0.878. The van der Waals surface area contributed by atoms with E-state index in [1.807, 2.05) is 0 Å². The van der Waals surface area contributed by atoms with E-state index in [4.69, 9.17) is 9.53 Å². The van der Waals surface area contributed by atoms with Gasteiger partial charge in [-0.3, -0.25) is 0 Å². The summed E-state index contributed by atoms with van der Waals surface area (Å²) in [6, 6.07) is 0. The van der Waals surface area contributed by atoms with Crippen molar-refractivity contribution in [2.45, 2.75) is 59.2 Å². The lowest BCUT2D eigenvalue weighted by atomic mass is 9.91. The van der Waals surface area contributed by atoms with Crippen molar-refractivity contribution in [3.63, 3.8) is 0 Å². The molecule has 0 aliphatic carbocycles. The quantitative estimate of drug-likeness (QED) is 0.736. The molecule has 2 nitrogen and oxygen atoms in total. The molecular weight excluding hydrogens is 204 g/mol. The summed E-state index contributed by atoms with van der Waals surface area (Å²) in [5.41, 5.74) is -0.0115. The molecular formula is C12H28O2Si. The van der Waals surface area contributed by atoms with Crippen LogP contribution in [-0.2, 0) is 4.43 Å². The minimum absolute atomic E-state index is 0.0115. The molecule has 0 aliphatic heterocycles. The fraction of sp³-hybridized carbons (Fsp3) is 1.00. The van der Waals surface area contributed by atoms with Gasteiger partial charge in [-0.1, -0.05) is 34.6 Å². The first-order valence-electron chi connectivity index (χ1n) is 5.77. The minimum Gasteiger partial charge on any atom is -0.417 e. The van der Waals surface area contributed by atoms with Crippen LogP contribution in [0.5, 0.6) is 0 Å². The van der Waals surface area contributed by atoms with Crippen molar-refractivity contribution in [2.75, 3.05) is 13.2 Å². The largest absolute Gasteiger partial charge is 0.417 e. The maximum Gasteiger partial charge on any atom is 0.191 e. The highest BCUT2D eigenvalue weighted by Gasteiger charge is 2.37. The Morgan fingerprint density at radius 1 is 1.07 bits per heavy atom. The Morgan fingerprint density at radius 3 is 1.87 bits per heavy atom. The van der Waals surface area contributed by atoms with E-state index in [0.29, 0.717) is 0 Å². The Morgan fingerprint density at radius 2 is 1.53 bits per heavy atom. The van der Waals surface area contributed by atoms with Crippen molar-refractivity contribution in [3.8, 4) is 0 Å². The van der Waals surface area contributed by atoms with Crippen LogP contribution in [0.2, 0.25) is 18.1 Å². The molecule has 0 spiro atoms. The summed E-state index contributed by atoms with van der Waals surface area (Å²) in [5, 5.41) is 9.41. The van der Waals surface area contributed by atoms with Gasteiger partial charge in [-0.05, 0) is 30.0 Å². The summed E-state index contributed by atoms with van der Waals surface area (Å²) in [6.45, 7) is 16.4. The SMILES string of the molecule is CC(C)(CO)CCO[Si](C)(C)C(C)(C)C. The van der Waals surface area contributed by atoms with E-state index in [2.05, 4.69) is 47.7 Å². The summed E-state index contributed by atoms with van der Waals surface area (Å²) in [4.78, 5) is 0. The van der Waals surface area contributed by atoms with Crippen molar-refractivity contribution in [1.29, 1.82) is 0 Å². The summed E-state index contributed by atoms with van der Waals surface area (Å²) in [7, 11) is -1.60. The van der Waals surface area contributed by atoms with Crippen LogP contribution in [0.4, 0.5) is 0 Å². The normalized spacial score (nSPS) is 14.4. The van der Waals surface area contributed by atoms with E-state index < -0.39 is 8.32 Å². The molecule has 0 rings (SSSR count). The molecule has 0 atom stereocenters. The van der Waals surface area contributed by atoms with E-state index in [-0.39, 0.29) is 17.1 Å². The molecule has 0 aromatic heterocycles. The van der Waals surface area contributed by atoms with E-state index in [9.17, 15) is 0 Å². The van der Waals surface area contributed by atoms with Gasteiger partial charge in [-0.25, -0.2) is 0 Å². The zero-order valence-electron chi connectivity index (χ0n) is 11.5. The second kappa shape index (κ2) is 4.98. The van der Waals surface area contributed by atoms with Crippen molar-refractivity contribution in [1.82, 2.24) is 0 Å². The zero-order chi connectivity index (χ0) is 12.3. The lowest BCUT2D eigenvalue weighted by Gasteiger charge is -2.37. The first-order chi connectivity index (χ1) is 6.52. The zero-order valence-corrected chi connectivity index (χ0v) is 12.5. The van der Waals surface area contributed by atoms with Gasteiger partial charge in [0.05, 0.1) is 0 Å². The molecule has 0 heterocycles. The highest BCUT2D eigenvalue weighted by molar-refractivity contribution is 6.74. The third-order valence-electron chi connectivity index (χ3n) is 3.48. The topological polar surface area (TPSA) is 29.5 Å². The average molecular weight is 232 g/mol. The van der Waals surface area contributed by atoms with Crippen LogP contribution in [0.15, 0.2) is 0 Å². The molecule has 0 fully saturated rings. The lowest BCUT2D eigenvalue weighted by molar-refractivity contribution is 0.124. The highest BCUT2D eigenvalue weighted by atomic mass is 28.4. The molecule has 0 aliphatic rings. The molecule has 1 N–H and O–H groups in total. The highest BCUT2D eigenvalue weighted by Crippen LogP contribution is 2.37. The number of hydrogen-bond acceptors (Lipinski definition) is 2. The van der Waals surface area contributed by atoms with Gasteiger partial charge in [0, 0.05) is 13.2 Å². The molecule has 0 saturated heterocycles. The average Bonchev–Trinajstić information content (AvgIpc) is 2.01. The number of aliphatic hydroxyl groups is 1. The summed E-state index contributed by atoms with van der Waals surface area (Å²) >= 11 is 0. The van der Waals surface area contributed by atoms with Gasteiger partial charge in [-0.15, -0.1) is 0 Å². The molecule has 0 unspecified atom stereocenters. The van der Waals surface area contributed by atoms with Gasteiger partial charge >= 0.3 is 0 Å². The third kappa shape index (κ3) is 5.14. The monoisotopic (exact) mass is 232 g/mol. The molecule has 0 amide bonds. The fourth-order valence-corrected chi connectivity index (χ4v) is 1.92. The first-order valence-corrected chi connectivity index (χ1v) is 8.67. The predicted octanol–water partition coefficient (Wildman–Crippen LogP) is 3.42. The van der Waals surface area contributed by atoms with E-state index in [1.165, 1.54) is 0 Å². The number of rotatable bonds is 5. The lowest BCUT2D eigenvalue weighted by Crippen LogP contribution is -2.41. The smallest absolute Gasteiger partial charge is 0.191 e. The molecule has 15 heavy (non-hydrogen) atoms. The van der Waals surface area contributed by atoms with Gasteiger partial charge in [0.1, 0.15) is 0 Å². The Balaban J connectivity index is 4.07. The Bertz CT molecular complexity index is 192. The number of aliphatic hydroxyl groups excluding tert-OH is 1. The van der Waals surface area contributed by atoms with E-state index in [0.717, 1.165) is 13.0 Å². The van der Waals surface area contributed by atoms with Gasteiger partial charge in [0.2, 0.25) is 0 Å². The van der Waals surface area contributed by atoms with Crippen LogP contribution >= 0.6 is 0 Å². The van der Waals surface area contributed by atoms with Gasteiger partial charge in [0.25, 0.3) is 0 Å². The first kappa shape index (κ1) is 15.1. The Labute approximate surface area is 96.2 Å². The van der Waals surface area contributed by atoms with Crippen molar-refractivity contribution >= 4 is 8.32 Å².